The molecule has 0 spiro atoms. The minimum atomic E-state index is -0.514. The molecule has 19 heavy (non-hydrogen) atoms. The van der Waals surface area contributed by atoms with Gasteiger partial charge in [0.25, 0.3) is 5.69 Å². The summed E-state index contributed by atoms with van der Waals surface area (Å²) < 4.78 is 0. The molecule has 3 rings (SSSR count). The van der Waals surface area contributed by atoms with E-state index in [0.717, 1.165) is 0 Å². The molecular formula is C12H7N3O4. The lowest BCUT2D eigenvalue weighted by Gasteiger charge is -2.03. The molecule has 7 nitrogen and oxygen atoms in total. The average molecular weight is 257 g/mol. The first-order valence-electron chi connectivity index (χ1n) is 5.32. The van der Waals surface area contributed by atoms with Gasteiger partial charge in [0, 0.05) is 24.3 Å². The Labute approximate surface area is 105 Å². The number of fused-ring (bicyclic) bond motifs is 2. The highest BCUT2D eigenvalue weighted by Gasteiger charge is 2.10. The van der Waals surface area contributed by atoms with Gasteiger partial charge in [0.05, 0.1) is 27.0 Å². The van der Waals surface area contributed by atoms with Crippen LogP contribution in [0.5, 0.6) is 11.5 Å². The van der Waals surface area contributed by atoms with Gasteiger partial charge in [-0.1, -0.05) is 0 Å². The summed E-state index contributed by atoms with van der Waals surface area (Å²) in [6.45, 7) is 0. The molecule has 0 aliphatic rings. The first kappa shape index (κ1) is 11.1. The van der Waals surface area contributed by atoms with Crippen molar-refractivity contribution in [2.45, 2.75) is 0 Å². The quantitative estimate of drug-likeness (QED) is 0.299. The van der Waals surface area contributed by atoms with E-state index in [9.17, 15) is 20.3 Å². The van der Waals surface area contributed by atoms with Gasteiger partial charge < -0.3 is 10.2 Å². The summed E-state index contributed by atoms with van der Waals surface area (Å²) in [5, 5.41) is 29.5. The lowest BCUT2D eigenvalue weighted by atomic mass is 10.2. The molecule has 3 aromatic rings. The van der Waals surface area contributed by atoms with Crippen LogP contribution in [-0.2, 0) is 0 Å². The van der Waals surface area contributed by atoms with Crippen molar-refractivity contribution in [1.29, 1.82) is 0 Å². The van der Waals surface area contributed by atoms with Crippen molar-refractivity contribution >= 4 is 27.8 Å². The number of rotatable bonds is 1. The van der Waals surface area contributed by atoms with Crippen LogP contribution in [0.3, 0.4) is 0 Å². The van der Waals surface area contributed by atoms with Crippen molar-refractivity contribution in [3.63, 3.8) is 0 Å². The zero-order chi connectivity index (χ0) is 13.6. The van der Waals surface area contributed by atoms with Crippen LogP contribution in [-0.4, -0.2) is 25.1 Å². The molecule has 0 fully saturated rings. The number of nitro benzene ring substituents is 1. The van der Waals surface area contributed by atoms with E-state index in [1.807, 2.05) is 0 Å². The molecule has 2 N–H and O–H groups in total. The molecule has 0 amide bonds. The second kappa shape index (κ2) is 3.77. The second-order valence-corrected chi connectivity index (χ2v) is 3.98. The third-order valence-corrected chi connectivity index (χ3v) is 2.72. The van der Waals surface area contributed by atoms with Gasteiger partial charge in [0.2, 0.25) is 0 Å². The van der Waals surface area contributed by atoms with Gasteiger partial charge in [-0.05, 0) is 6.07 Å². The van der Waals surface area contributed by atoms with Crippen molar-refractivity contribution < 1.29 is 15.1 Å². The van der Waals surface area contributed by atoms with Crippen molar-refractivity contribution in [2.24, 2.45) is 0 Å². The van der Waals surface area contributed by atoms with Gasteiger partial charge in [-0.15, -0.1) is 0 Å². The highest BCUT2D eigenvalue weighted by molar-refractivity contribution is 5.88. The maximum atomic E-state index is 10.7. The molecule has 0 atom stereocenters. The summed E-state index contributed by atoms with van der Waals surface area (Å²) in [6.07, 6.45) is 0. The van der Waals surface area contributed by atoms with Crippen molar-refractivity contribution in [2.75, 3.05) is 0 Å². The van der Waals surface area contributed by atoms with Gasteiger partial charge in [-0.25, -0.2) is 9.97 Å². The second-order valence-electron chi connectivity index (χ2n) is 3.98. The molecule has 1 heterocycles. The van der Waals surface area contributed by atoms with Crippen LogP contribution in [0, 0.1) is 10.1 Å². The molecule has 0 aliphatic heterocycles. The van der Waals surface area contributed by atoms with Crippen LogP contribution in [0.2, 0.25) is 0 Å². The van der Waals surface area contributed by atoms with E-state index < -0.39 is 4.92 Å². The summed E-state index contributed by atoms with van der Waals surface area (Å²) in [7, 11) is 0. The number of aromatic nitrogens is 2. The number of aromatic hydroxyl groups is 2. The highest BCUT2D eigenvalue weighted by Crippen LogP contribution is 2.29. The van der Waals surface area contributed by atoms with Gasteiger partial charge >= 0.3 is 0 Å². The van der Waals surface area contributed by atoms with Gasteiger partial charge in [0.1, 0.15) is 0 Å². The Balaban J connectivity index is 2.35. The number of hydrogen-bond acceptors (Lipinski definition) is 6. The van der Waals surface area contributed by atoms with Crippen LogP contribution < -0.4 is 0 Å². The molecule has 94 valence electrons. The monoisotopic (exact) mass is 257 g/mol. The largest absolute Gasteiger partial charge is 0.504 e. The first-order chi connectivity index (χ1) is 9.04. The van der Waals surface area contributed by atoms with Gasteiger partial charge in [-0.3, -0.25) is 10.1 Å². The zero-order valence-corrected chi connectivity index (χ0v) is 9.44. The van der Waals surface area contributed by atoms with E-state index in [1.54, 1.807) is 0 Å². The molecule has 0 aliphatic carbocycles. The summed E-state index contributed by atoms with van der Waals surface area (Å²) in [4.78, 5) is 18.6. The van der Waals surface area contributed by atoms with Crippen LogP contribution in [0.1, 0.15) is 0 Å². The molecule has 0 radical (unpaired) electrons. The zero-order valence-electron chi connectivity index (χ0n) is 9.44. The Morgan fingerprint density at radius 1 is 0.895 bits per heavy atom. The fourth-order valence-corrected chi connectivity index (χ4v) is 1.80. The normalized spacial score (nSPS) is 10.9. The van der Waals surface area contributed by atoms with E-state index in [2.05, 4.69) is 9.97 Å². The SMILES string of the molecule is O=[N+]([O-])c1ccc2nc3cc(O)c(O)cc3nc2c1. The predicted molar refractivity (Wildman–Crippen MR) is 67.0 cm³/mol. The van der Waals surface area contributed by atoms with E-state index in [-0.39, 0.29) is 17.2 Å². The lowest BCUT2D eigenvalue weighted by Crippen LogP contribution is -1.91. The van der Waals surface area contributed by atoms with Crippen LogP contribution in [0.15, 0.2) is 30.3 Å². The summed E-state index contributed by atoms with van der Waals surface area (Å²) in [5.74, 6) is -0.602. The Bertz CT molecular complexity index is 832. The van der Waals surface area contributed by atoms with Crippen LogP contribution in [0.4, 0.5) is 5.69 Å². The maximum Gasteiger partial charge on any atom is 0.271 e. The minimum Gasteiger partial charge on any atom is -0.504 e. The third kappa shape index (κ3) is 1.77. The number of hydrogen-bond donors (Lipinski definition) is 2. The summed E-state index contributed by atoms with van der Waals surface area (Å²) >= 11 is 0. The molecule has 0 saturated carbocycles. The number of nitro groups is 1. The summed E-state index contributed by atoms with van der Waals surface area (Å²) in [6, 6.07) is 6.69. The number of phenolic OH excluding ortho intramolecular Hbond substituents is 2. The third-order valence-electron chi connectivity index (χ3n) is 2.72. The number of benzene rings is 2. The van der Waals surface area contributed by atoms with Gasteiger partial charge in [0.15, 0.2) is 11.5 Å². The Morgan fingerprint density at radius 2 is 1.42 bits per heavy atom. The molecule has 0 saturated heterocycles. The molecule has 1 aromatic heterocycles. The fraction of sp³-hybridized carbons (Fsp3) is 0. The maximum absolute atomic E-state index is 10.7. The fourth-order valence-electron chi connectivity index (χ4n) is 1.80. The lowest BCUT2D eigenvalue weighted by molar-refractivity contribution is -0.384. The van der Waals surface area contributed by atoms with E-state index in [0.29, 0.717) is 22.1 Å². The smallest absolute Gasteiger partial charge is 0.271 e. The Hall–Kier alpha value is -2.96. The minimum absolute atomic E-state index is 0.0795. The number of nitrogens with zero attached hydrogens (tertiary/aromatic N) is 3. The molecule has 0 bridgehead atoms. The Kier molecular flexibility index (Phi) is 2.21. The van der Waals surface area contributed by atoms with Crippen LogP contribution >= 0.6 is 0 Å². The Morgan fingerprint density at radius 3 is 2.00 bits per heavy atom. The average Bonchev–Trinajstić information content (AvgIpc) is 2.37. The standard InChI is InChI=1S/C12H7N3O4/c16-11-4-9-10(5-12(11)17)14-8-3-6(15(18)19)1-2-7(8)13-9/h1-5,16-17H. The van der Waals surface area contributed by atoms with Crippen molar-refractivity contribution in [3.8, 4) is 11.5 Å². The van der Waals surface area contributed by atoms with E-state index in [1.165, 1.54) is 30.3 Å². The van der Waals surface area contributed by atoms with Crippen LogP contribution in [0.25, 0.3) is 22.1 Å². The first-order valence-corrected chi connectivity index (χ1v) is 5.32. The van der Waals surface area contributed by atoms with Gasteiger partial charge in [-0.2, -0.15) is 0 Å². The topological polar surface area (TPSA) is 109 Å². The molecule has 2 aromatic carbocycles. The van der Waals surface area contributed by atoms with E-state index >= 15 is 0 Å². The predicted octanol–water partition coefficient (Wildman–Crippen LogP) is 2.10. The molecule has 0 unspecified atom stereocenters. The highest BCUT2D eigenvalue weighted by atomic mass is 16.6. The number of phenols is 2. The molecular weight excluding hydrogens is 250 g/mol. The van der Waals surface area contributed by atoms with E-state index in [4.69, 9.17) is 0 Å². The van der Waals surface area contributed by atoms with Crippen molar-refractivity contribution in [3.05, 3.63) is 40.4 Å². The number of non-ortho nitro benzene ring substituents is 1. The van der Waals surface area contributed by atoms with Crippen molar-refractivity contribution in [1.82, 2.24) is 9.97 Å². The summed E-state index contributed by atoms with van der Waals surface area (Å²) in [5.41, 5.74) is 1.50. The molecule has 7 heteroatoms.